The lowest BCUT2D eigenvalue weighted by molar-refractivity contribution is 1.50. The molecule has 5 rings (SSSR count). The Kier molecular flexibility index (Phi) is 4.69. The van der Waals surface area contributed by atoms with Crippen LogP contribution in [0, 0.1) is 6.92 Å². The predicted molar refractivity (Wildman–Crippen MR) is 142 cm³/mol. The summed E-state index contributed by atoms with van der Waals surface area (Å²) in [7, 11) is -3.90. The van der Waals surface area contributed by atoms with Gasteiger partial charge in [0.15, 0.2) is 0 Å². The highest BCUT2D eigenvalue weighted by molar-refractivity contribution is 7.10. The van der Waals surface area contributed by atoms with Crippen LogP contribution in [0.4, 0.5) is 0 Å². The summed E-state index contributed by atoms with van der Waals surface area (Å²) in [6.07, 6.45) is 0. The van der Waals surface area contributed by atoms with Crippen LogP contribution >= 0.6 is 0 Å². The van der Waals surface area contributed by atoms with Crippen molar-refractivity contribution in [1.29, 1.82) is 0 Å². The molecule has 0 N–H and O–H groups in total. The van der Waals surface area contributed by atoms with Crippen LogP contribution in [0.25, 0.3) is 22.3 Å². The zero-order valence-electron chi connectivity index (χ0n) is 19.2. The lowest BCUT2D eigenvalue weighted by Gasteiger charge is -2.37. The first-order chi connectivity index (χ1) is 14.8. The van der Waals surface area contributed by atoms with Gasteiger partial charge >= 0.3 is 0 Å². The van der Waals surface area contributed by atoms with Gasteiger partial charge in [0.05, 0.1) is 0 Å². The molecule has 1 heterocycles. The lowest BCUT2D eigenvalue weighted by atomic mass is 9.94. The van der Waals surface area contributed by atoms with Crippen LogP contribution in [0.1, 0.15) is 5.56 Å². The minimum atomic E-state index is -1.96. The molecule has 0 atom stereocenters. The van der Waals surface area contributed by atoms with Crippen LogP contribution in [-0.2, 0) is 0 Å². The van der Waals surface area contributed by atoms with Gasteiger partial charge in [0.1, 0.15) is 16.1 Å². The van der Waals surface area contributed by atoms with Crippen molar-refractivity contribution in [3.63, 3.8) is 0 Å². The van der Waals surface area contributed by atoms with Crippen LogP contribution in [0.15, 0.2) is 91.0 Å². The number of fused-ring (bicyclic) bond motifs is 6. The lowest BCUT2D eigenvalue weighted by Crippen LogP contribution is -2.68. The molecule has 0 fully saturated rings. The maximum absolute atomic E-state index is 2.55. The number of benzene rings is 4. The molecular weight excluding hydrogens is 404 g/mol. The minimum absolute atomic E-state index is 1.37. The average molecular weight is 435 g/mol. The highest BCUT2D eigenvalue weighted by Crippen LogP contribution is 2.33. The Morgan fingerprint density at radius 1 is 0.419 bits per heavy atom. The number of hydrogen-bond acceptors (Lipinski definition) is 0. The van der Waals surface area contributed by atoms with Crippen LogP contribution in [0.2, 0.25) is 26.2 Å². The van der Waals surface area contributed by atoms with E-state index in [0.717, 1.165) is 0 Å². The molecule has 4 aromatic rings. The number of aryl methyl sites for hydroxylation is 1. The molecular formula is C29H30Si2. The average Bonchev–Trinajstić information content (AvgIpc) is 2.78. The Morgan fingerprint density at radius 2 is 0.839 bits per heavy atom. The van der Waals surface area contributed by atoms with E-state index in [9.17, 15) is 0 Å². The van der Waals surface area contributed by atoms with Gasteiger partial charge in [0.25, 0.3) is 0 Å². The van der Waals surface area contributed by atoms with E-state index < -0.39 is 16.1 Å². The molecule has 1 aliphatic heterocycles. The highest BCUT2D eigenvalue weighted by Gasteiger charge is 2.39. The van der Waals surface area contributed by atoms with Crippen LogP contribution in [-0.4, -0.2) is 16.1 Å². The topological polar surface area (TPSA) is 0 Å². The Balaban J connectivity index is 2.02. The SMILES string of the molecule is Cc1cccc2c1[Si](C)(C)c1ccccc1-c1ccccc1-c1ccccc1[Si]2(C)C. The Hall–Kier alpha value is -2.69. The molecule has 1 aliphatic rings. The molecule has 0 unspecified atom stereocenters. The summed E-state index contributed by atoms with van der Waals surface area (Å²) < 4.78 is 0. The Labute approximate surface area is 188 Å². The molecule has 0 amide bonds. The summed E-state index contributed by atoms with van der Waals surface area (Å²) in [5.74, 6) is 0. The van der Waals surface area contributed by atoms with E-state index in [1.54, 1.807) is 20.7 Å². The fourth-order valence-corrected chi connectivity index (χ4v) is 14.2. The van der Waals surface area contributed by atoms with Crippen molar-refractivity contribution in [3.05, 3.63) is 96.6 Å². The van der Waals surface area contributed by atoms with Gasteiger partial charge in [-0.1, -0.05) is 133 Å². The normalized spacial score (nSPS) is 15.8. The van der Waals surface area contributed by atoms with Crippen molar-refractivity contribution in [2.24, 2.45) is 0 Å². The van der Waals surface area contributed by atoms with E-state index in [1.165, 1.54) is 27.8 Å². The van der Waals surface area contributed by atoms with E-state index in [2.05, 4.69) is 124 Å². The van der Waals surface area contributed by atoms with E-state index >= 15 is 0 Å². The van der Waals surface area contributed by atoms with Crippen LogP contribution in [0.3, 0.4) is 0 Å². The summed E-state index contributed by atoms with van der Waals surface area (Å²) in [5.41, 5.74) is 6.99. The first kappa shape index (κ1) is 20.2. The summed E-state index contributed by atoms with van der Waals surface area (Å²) in [5, 5.41) is 6.35. The standard InChI is InChI=1S/C29H30Si2/c1-21-13-12-20-28-29(21)31(4,5)27-19-11-9-17-25(27)23-15-7-6-14-22(23)24-16-8-10-18-26(24)30(28,2)3/h6-20H,1-5H3. The second-order valence-electron chi connectivity index (χ2n) is 9.88. The maximum Gasteiger partial charge on any atom is 0.113 e. The Bertz CT molecular complexity index is 1300. The van der Waals surface area contributed by atoms with Gasteiger partial charge in [0, 0.05) is 0 Å². The molecule has 31 heavy (non-hydrogen) atoms. The van der Waals surface area contributed by atoms with Crippen molar-refractivity contribution < 1.29 is 0 Å². The zero-order chi connectivity index (χ0) is 21.8. The third-order valence-corrected chi connectivity index (χ3v) is 14.8. The van der Waals surface area contributed by atoms with Gasteiger partial charge < -0.3 is 0 Å². The van der Waals surface area contributed by atoms with Gasteiger partial charge in [-0.15, -0.1) is 0 Å². The number of rotatable bonds is 0. The van der Waals surface area contributed by atoms with E-state index in [4.69, 9.17) is 0 Å². The molecule has 4 aromatic carbocycles. The van der Waals surface area contributed by atoms with Crippen molar-refractivity contribution in [2.45, 2.75) is 33.1 Å². The fourth-order valence-electron chi connectivity index (χ4n) is 5.78. The maximum atomic E-state index is 2.55. The molecule has 2 heteroatoms. The van der Waals surface area contributed by atoms with E-state index in [0.29, 0.717) is 0 Å². The molecule has 0 aliphatic carbocycles. The third-order valence-electron chi connectivity index (χ3n) is 7.28. The van der Waals surface area contributed by atoms with Crippen molar-refractivity contribution in [2.75, 3.05) is 0 Å². The van der Waals surface area contributed by atoms with Gasteiger partial charge in [-0.05, 0) is 39.6 Å². The number of hydrogen-bond donors (Lipinski definition) is 0. The quantitative estimate of drug-likeness (QED) is 0.330. The van der Waals surface area contributed by atoms with Crippen molar-refractivity contribution in [1.82, 2.24) is 0 Å². The summed E-state index contributed by atoms with van der Waals surface area (Å²) in [6, 6.07) is 34.4. The monoisotopic (exact) mass is 434 g/mol. The Morgan fingerprint density at radius 3 is 1.39 bits per heavy atom. The first-order valence-electron chi connectivity index (χ1n) is 11.2. The van der Waals surface area contributed by atoms with Gasteiger partial charge in [-0.25, -0.2) is 0 Å². The first-order valence-corrected chi connectivity index (χ1v) is 17.2. The molecule has 154 valence electrons. The molecule has 0 radical (unpaired) electrons. The largest absolute Gasteiger partial charge is 0.113 e. The van der Waals surface area contributed by atoms with Crippen molar-refractivity contribution in [3.8, 4) is 22.3 Å². The fraction of sp³-hybridized carbons (Fsp3) is 0.172. The zero-order valence-corrected chi connectivity index (χ0v) is 21.2. The second-order valence-corrected chi connectivity index (χ2v) is 18.5. The predicted octanol–water partition coefficient (Wildman–Crippen LogP) is 5.29. The van der Waals surface area contributed by atoms with Gasteiger partial charge in [0.2, 0.25) is 0 Å². The van der Waals surface area contributed by atoms with E-state index in [-0.39, 0.29) is 0 Å². The van der Waals surface area contributed by atoms with Crippen LogP contribution < -0.4 is 20.7 Å². The van der Waals surface area contributed by atoms with E-state index in [1.807, 2.05) is 0 Å². The minimum Gasteiger partial charge on any atom is -0.0627 e. The molecule has 0 bridgehead atoms. The molecule has 0 nitrogen and oxygen atoms in total. The molecule has 0 saturated heterocycles. The molecule has 0 aromatic heterocycles. The van der Waals surface area contributed by atoms with Gasteiger partial charge in [-0.3, -0.25) is 0 Å². The van der Waals surface area contributed by atoms with Crippen molar-refractivity contribution >= 4 is 36.9 Å². The second kappa shape index (κ2) is 7.18. The molecule has 0 spiro atoms. The smallest absolute Gasteiger partial charge is 0.0627 e. The summed E-state index contributed by atoms with van der Waals surface area (Å²) >= 11 is 0. The molecule has 0 saturated carbocycles. The summed E-state index contributed by atoms with van der Waals surface area (Å²) in [6.45, 7) is 12.5. The van der Waals surface area contributed by atoms with Crippen LogP contribution in [0.5, 0.6) is 0 Å². The third kappa shape index (κ3) is 3.01. The summed E-state index contributed by atoms with van der Waals surface area (Å²) in [4.78, 5) is 0. The highest BCUT2D eigenvalue weighted by atomic mass is 28.3. The van der Waals surface area contributed by atoms with Gasteiger partial charge in [-0.2, -0.15) is 0 Å².